The van der Waals surface area contributed by atoms with Gasteiger partial charge in [-0.1, -0.05) is 139 Å². The van der Waals surface area contributed by atoms with E-state index < -0.39 is 0 Å². The van der Waals surface area contributed by atoms with Crippen LogP contribution in [0.5, 0.6) is 0 Å². The summed E-state index contributed by atoms with van der Waals surface area (Å²) in [6.45, 7) is 8.76. The number of hydrogen-bond acceptors (Lipinski definition) is 1. The molecule has 0 fully saturated rings. The summed E-state index contributed by atoms with van der Waals surface area (Å²) < 4.78 is 0. The highest BCUT2D eigenvalue weighted by atomic mass is 15.1. The van der Waals surface area contributed by atoms with Gasteiger partial charge in [-0.25, -0.2) is 0 Å². The van der Waals surface area contributed by atoms with Crippen molar-refractivity contribution in [3.8, 4) is 22.3 Å². The average molecular weight is 678 g/mol. The standard InChI is InChI=1S/C52H39N/c1-32-16-22-39(23-17-32)53(40-24-18-33(2)19-25-40)41-11-9-10-36(31-41)50-43-12-5-7-14-45(43)51(46-15-8-6-13-44(46)50)48-30-35(4)42-26-20-37-28-34(3)29-38-21-27-47(48)52(42)49(37)38/h5-31H,1-4H3. The Morgan fingerprint density at radius 3 is 1.43 bits per heavy atom. The summed E-state index contributed by atoms with van der Waals surface area (Å²) in [5.74, 6) is 0. The second kappa shape index (κ2) is 12.1. The number of rotatable bonds is 5. The minimum atomic E-state index is 1.13. The molecule has 0 aliphatic heterocycles. The summed E-state index contributed by atoms with van der Waals surface area (Å²) >= 11 is 0. The van der Waals surface area contributed by atoms with Gasteiger partial charge in [0.2, 0.25) is 0 Å². The molecule has 10 rings (SSSR count). The Hall–Kier alpha value is -6.44. The highest BCUT2D eigenvalue weighted by molar-refractivity contribution is 6.30. The average Bonchev–Trinajstić information content (AvgIpc) is 3.18. The highest BCUT2D eigenvalue weighted by Crippen LogP contribution is 2.48. The Labute approximate surface area is 310 Å². The zero-order chi connectivity index (χ0) is 35.8. The van der Waals surface area contributed by atoms with Crippen LogP contribution in [0.4, 0.5) is 17.1 Å². The van der Waals surface area contributed by atoms with E-state index in [1.54, 1.807) is 0 Å². The number of fused-ring (bicyclic) bond motifs is 2. The smallest absolute Gasteiger partial charge is 0.0467 e. The van der Waals surface area contributed by atoms with Gasteiger partial charge in [0, 0.05) is 17.1 Å². The lowest BCUT2D eigenvalue weighted by Crippen LogP contribution is -2.10. The summed E-state index contributed by atoms with van der Waals surface area (Å²) in [4.78, 5) is 2.37. The first-order chi connectivity index (χ1) is 25.9. The summed E-state index contributed by atoms with van der Waals surface area (Å²) in [6, 6.07) is 61.2. The summed E-state index contributed by atoms with van der Waals surface area (Å²) in [5, 5.41) is 13.1. The number of benzene rings is 10. The quantitative estimate of drug-likeness (QED) is 0.129. The number of nitrogens with zero attached hydrogens (tertiary/aromatic N) is 1. The van der Waals surface area contributed by atoms with Crippen molar-refractivity contribution in [1.82, 2.24) is 0 Å². The molecule has 0 radical (unpaired) electrons. The van der Waals surface area contributed by atoms with Crippen LogP contribution in [-0.2, 0) is 0 Å². The third kappa shape index (κ3) is 4.99. The number of aryl methyl sites for hydroxylation is 4. The molecule has 0 heterocycles. The van der Waals surface area contributed by atoms with Crippen LogP contribution >= 0.6 is 0 Å². The number of hydrogen-bond donors (Lipinski definition) is 0. The van der Waals surface area contributed by atoms with E-state index in [0.29, 0.717) is 0 Å². The van der Waals surface area contributed by atoms with E-state index in [0.717, 1.165) is 17.1 Å². The molecule has 10 aromatic carbocycles. The lowest BCUT2D eigenvalue weighted by atomic mass is 9.82. The Bertz CT molecular complexity index is 2900. The van der Waals surface area contributed by atoms with E-state index in [1.807, 2.05) is 0 Å². The molecule has 0 atom stereocenters. The van der Waals surface area contributed by atoms with Gasteiger partial charge in [0.05, 0.1) is 0 Å². The van der Waals surface area contributed by atoms with Crippen LogP contribution < -0.4 is 4.90 Å². The van der Waals surface area contributed by atoms with Gasteiger partial charge in [-0.15, -0.1) is 0 Å². The minimum absolute atomic E-state index is 1.13. The van der Waals surface area contributed by atoms with E-state index in [-0.39, 0.29) is 0 Å². The Kier molecular flexibility index (Phi) is 7.13. The molecule has 0 unspecified atom stereocenters. The Balaban J connectivity index is 1.25. The van der Waals surface area contributed by atoms with Crippen molar-refractivity contribution in [2.24, 2.45) is 0 Å². The van der Waals surface area contributed by atoms with E-state index in [1.165, 1.54) is 98.4 Å². The predicted octanol–water partition coefficient (Wildman–Crippen LogP) is 14.9. The maximum Gasteiger partial charge on any atom is 0.0467 e. The van der Waals surface area contributed by atoms with Crippen LogP contribution in [-0.4, -0.2) is 0 Å². The molecule has 252 valence electrons. The molecule has 0 bridgehead atoms. The van der Waals surface area contributed by atoms with Crippen LogP contribution in [0, 0.1) is 27.7 Å². The van der Waals surface area contributed by atoms with Gasteiger partial charge in [-0.3, -0.25) is 0 Å². The first-order valence-electron chi connectivity index (χ1n) is 18.6. The molecule has 0 spiro atoms. The molecular formula is C52H39N. The lowest BCUT2D eigenvalue weighted by molar-refractivity contribution is 1.27. The molecule has 0 saturated heterocycles. The monoisotopic (exact) mass is 677 g/mol. The van der Waals surface area contributed by atoms with Crippen molar-refractivity contribution >= 4 is 70.9 Å². The Morgan fingerprint density at radius 1 is 0.340 bits per heavy atom. The van der Waals surface area contributed by atoms with Crippen molar-refractivity contribution < 1.29 is 0 Å². The van der Waals surface area contributed by atoms with Crippen molar-refractivity contribution in [3.05, 3.63) is 186 Å². The fourth-order valence-corrected chi connectivity index (χ4v) is 8.82. The fourth-order valence-electron chi connectivity index (χ4n) is 8.82. The van der Waals surface area contributed by atoms with Crippen LogP contribution in [0.1, 0.15) is 22.3 Å². The van der Waals surface area contributed by atoms with Gasteiger partial charge in [-0.05, 0) is 151 Å². The first-order valence-corrected chi connectivity index (χ1v) is 18.6. The third-order valence-corrected chi connectivity index (χ3v) is 11.2. The summed E-state index contributed by atoms with van der Waals surface area (Å²) in [5.41, 5.74) is 13.6. The first kappa shape index (κ1) is 31.3. The third-order valence-electron chi connectivity index (χ3n) is 11.2. The van der Waals surface area contributed by atoms with Gasteiger partial charge >= 0.3 is 0 Å². The van der Waals surface area contributed by atoms with E-state index in [9.17, 15) is 0 Å². The Morgan fingerprint density at radius 2 is 0.868 bits per heavy atom. The lowest BCUT2D eigenvalue weighted by Gasteiger charge is -2.27. The zero-order valence-corrected chi connectivity index (χ0v) is 30.5. The zero-order valence-electron chi connectivity index (χ0n) is 30.5. The fraction of sp³-hybridized carbons (Fsp3) is 0.0769. The largest absolute Gasteiger partial charge is 0.310 e. The molecule has 0 amide bonds. The van der Waals surface area contributed by atoms with E-state index in [2.05, 4.69) is 196 Å². The van der Waals surface area contributed by atoms with Gasteiger partial charge in [0.25, 0.3) is 0 Å². The molecule has 53 heavy (non-hydrogen) atoms. The van der Waals surface area contributed by atoms with E-state index >= 15 is 0 Å². The van der Waals surface area contributed by atoms with Gasteiger partial charge in [0.15, 0.2) is 0 Å². The molecule has 0 aliphatic rings. The van der Waals surface area contributed by atoms with Crippen LogP contribution in [0.2, 0.25) is 0 Å². The summed E-state index contributed by atoms with van der Waals surface area (Å²) in [7, 11) is 0. The molecule has 0 saturated carbocycles. The maximum atomic E-state index is 2.43. The molecule has 1 heteroatoms. The van der Waals surface area contributed by atoms with Crippen molar-refractivity contribution in [3.63, 3.8) is 0 Å². The van der Waals surface area contributed by atoms with Crippen LogP contribution in [0.25, 0.3) is 76.1 Å². The normalized spacial score (nSPS) is 11.8. The van der Waals surface area contributed by atoms with Crippen molar-refractivity contribution in [2.45, 2.75) is 27.7 Å². The van der Waals surface area contributed by atoms with E-state index in [4.69, 9.17) is 0 Å². The molecule has 10 aromatic rings. The van der Waals surface area contributed by atoms with Gasteiger partial charge < -0.3 is 4.90 Å². The maximum absolute atomic E-state index is 2.43. The van der Waals surface area contributed by atoms with Crippen molar-refractivity contribution in [1.29, 1.82) is 0 Å². The minimum Gasteiger partial charge on any atom is -0.310 e. The predicted molar refractivity (Wildman–Crippen MR) is 230 cm³/mol. The SMILES string of the molecule is Cc1ccc(N(c2ccc(C)cc2)c2cccc(-c3c4ccccc4c(-c4cc(C)c5ccc6cc(C)cc7ccc4c5c67)c4ccccc34)c2)cc1. The van der Waals surface area contributed by atoms with Gasteiger partial charge in [-0.2, -0.15) is 0 Å². The molecule has 1 nitrogen and oxygen atoms in total. The molecule has 0 aromatic heterocycles. The van der Waals surface area contributed by atoms with Crippen molar-refractivity contribution in [2.75, 3.05) is 4.90 Å². The molecule has 0 N–H and O–H groups in total. The molecule has 0 aliphatic carbocycles. The second-order valence-electron chi connectivity index (χ2n) is 14.8. The summed E-state index contributed by atoms with van der Waals surface area (Å²) in [6.07, 6.45) is 0. The highest BCUT2D eigenvalue weighted by Gasteiger charge is 2.21. The van der Waals surface area contributed by atoms with Crippen LogP contribution in [0.15, 0.2) is 164 Å². The van der Waals surface area contributed by atoms with Gasteiger partial charge in [0.1, 0.15) is 0 Å². The number of anilines is 3. The molecular weight excluding hydrogens is 639 g/mol. The van der Waals surface area contributed by atoms with Crippen LogP contribution in [0.3, 0.4) is 0 Å². The second-order valence-corrected chi connectivity index (χ2v) is 14.8. The topological polar surface area (TPSA) is 3.24 Å².